The maximum atomic E-state index is 12.5. The summed E-state index contributed by atoms with van der Waals surface area (Å²) in [5.41, 5.74) is 1.10. The first-order valence-corrected chi connectivity index (χ1v) is 7.71. The Balaban J connectivity index is 1.94. The summed E-state index contributed by atoms with van der Waals surface area (Å²) in [6.45, 7) is 1.73. The summed E-state index contributed by atoms with van der Waals surface area (Å²) in [6, 6.07) is 9.17. The van der Waals surface area contributed by atoms with Crippen molar-refractivity contribution in [3.63, 3.8) is 0 Å². The molecule has 0 fully saturated rings. The Labute approximate surface area is 148 Å². The van der Waals surface area contributed by atoms with Gasteiger partial charge in [0, 0.05) is 6.07 Å². The number of amides is 1. The molecule has 1 aliphatic heterocycles. The van der Waals surface area contributed by atoms with Crippen molar-refractivity contribution in [3.8, 4) is 5.75 Å². The van der Waals surface area contributed by atoms with Crippen LogP contribution in [-0.2, 0) is 16.1 Å². The summed E-state index contributed by atoms with van der Waals surface area (Å²) >= 11 is 0. The molecule has 9 nitrogen and oxygen atoms in total. The molecule has 0 bridgehead atoms. The molecule has 1 atom stereocenters. The predicted octanol–water partition coefficient (Wildman–Crippen LogP) is 2.09. The minimum absolute atomic E-state index is 0.0966. The van der Waals surface area contributed by atoms with Crippen molar-refractivity contribution in [1.82, 2.24) is 4.98 Å². The molecule has 1 aromatic carbocycles. The van der Waals surface area contributed by atoms with E-state index in [1.807, 2.05) is 0 Å². The molecule has 1 amide bonds. The lowest BCUT2D eigenvalue weighted by Crippen LogP contribution is -2.44. The maximum absolute atomic E-state index is 12.5. The van der Waals surface area contributed by atoms with E-state index in [0.29, 0.717) is 11.3 Å². The van der Waals surface area contributed by atoms with Gasteiger partial charge in [-0.2, -0.15) is 0 Å². The maximum Gasteiger partial charge on any atom is 0.366 e. The van der Waals surface area contributed by atoms with Crippen molar-refractivity contribution in [1.29, 1.82) is 0 Å². The molecule has 0 saturated carbocycles. The van der Waals surface area contributed by atoms with Crippen LogP contribution in [0.3, 0.4) is 0 Å². The quantitative estimate of drug-likeness (QED) is 0.468. The number of hydrogen-bond acceptors (Lipinski definition) is 7. The highest BCUT2D eigenvalue weighted by Crippen LogP contribution is 2.34. The average molecular weight is 357 g/mol. The minimum atomic E-state index is -0.736. The monoisotopic (exact) mass is 357 g/mol. The second-order valence-corrected chi connectivity index (χ2v) is 5.62. The summed E-state index contributed by atoms with van der Waals surface area (Å²) in [5, 5.41) is 11.0. The zero-order valence-corrected chi connectivity index (χ0v) is 14.0. The molecule has 0 aliphatic carbocycles. The second kappa shape index (κ2) is 6.79. The average Bonchev–Trinajstić information content (AvgIpc) is 2.65. The van der Waals surface area contributed by atoms with Gasteiger partial charge in [-0.1, -0.05) is 12.1 Å². The third-order valence-corrected chi connectivity index (χ3v) is 3.90. The van der Waals surface area contributed by atoms with Gasteiger partial charge in [0.05, 0.1) is 19.2 Å². The number of methoxy groups -OCH3 is 1. The predicted molar refractivity (Wildman–Crippen MR) is 90.0 cm³/mol. The van der Waals surface area contributed by atoms with E-state index >= 15 is 0 Å². The fourth-order valence-electron chi connectivity index (χ4n) is 2.58. The number of esters is 1. The first-order valence-electron chi connectivity index (χ1n) is 7.71. The van der Waals surface area contributed by atoms with E-state index < -0.39 is 17.0 Å². The van der Waals surface area contributed by atoms with Crippen molar-refractivity contribution in [3.05, 3.63) is 57.6 Å². The molecule has 0 saturated heterocycles. The molecule has 1 unspecified atom stereocenters. The number of carbonyl (C=O) groups is 2. The molecule has 1 aromatic heterocycles. The van der Waals surface area contributed by atoms with Crippen molar-refractivity contribution in [2.24, 2.45) is 0 Å². The molecule has 134 valence electrons. The number of anilines is 1. The number of pyridine rings is 1. The van der Waals surface area contributed by atoms with Crippen molar-refractivity contribution in [2.75, 3.05) is 12.0 Å². The van der Waals surface area contributed by atoms with Crippen LogP contribution in [0.5, 0.6) is 5.75 Å². The SMILES string of the molecule is COC(=O)c1ccc(CN2C(=O)C(C)Oc3ccc([N+](=O)[O-])nc32)cc1. The van der Waals surface area contributed by atoms with E-state index in [4.69, 9.17) is 4.74 Å². The molecule has 9 heteroatoms. The zero-order chi connectivity index (χ0) is 18.8. The lowest BCUT2D eigenvalue weighted by Gasteiger charge is -2.29. The Kier molecular flexibility index (Phi) is 4.53. The zero-order valence-electron chi connectivity index (χ0n) is 14.0. The topological polar surface area (TPSA) is 112 Å². The number of nitro groups is 1. The molecule has 2 aromatic rings. The lowest BCUT2D eigenvalue weighted by atomic mass is 10.1. The number of carbonyl (C=O) groups excluding carboxylic acids is 2. The first kappa shape index (κ1) is 17.3. The molecule has 26 heavy (non-hydrogen) atoms. The van der Waals surface area contributed by atoms with Gasteiger partial charge < -0.3 is 19.6 Å². The first-order chi connectivity index (χ1) is 12.4. The van der Waals surface area contributed by atoms with Crippen LogP contribution in [0, 0.1) is 10.1 Å². The normalized spacial score (nSPS) is 15.8. The Bertz CT molecular complexity index is 881. The molecule has 0 spiro atoms. The van der Waals surface area contributed by atoms with Crippen LogP contribution in [0.1, 0.15) is 22.8 Å². The summed E-state index contributed by atoms with van der Waals surface area (Å²) in [7, 11) is 1.29. The smallest absolute Gasteiger partial charge is 0.366 e. The Morgan fingerprint density at radius 1 is 1.31 bits per heavy atom. The Morgan fingerprint density at radius 2 is 2.00 bits per heavy atom. The van der Waals surface area contributed by atoms with Crippen LogP contribution in [0.15, 0.2) is 36.4 Å². The third-order valence-electron chi connectivity index (χ3n) is 3.90. The van der Waals surface area contributed by atoms with E-state index in [9.17, 15) is 19.7 Å². The van der Waals surface area contributed by atoms with Gasteiger partial charge in [-0.25, -0.2) is 4.79 Å². The van der Waals surface area contributed by atoms with Gasteiger partial charge in [0.1, 0.15) is 0 Å². The van der Waals surface area contributed by atoms with Gasteiger partial charge in [-0.15, -0.1) is 0 Å². The van der Waals surface area contributed by atoms with E-state index in [-0.39, 0.29) is 24.1 Å². The molecule has 3 rings (SSSR count). The highest BCUT2D eigenvalue weighted by Gasteiger charge is 2.36. The van der Waals surface area contributed by atoms with Crippen LogP contribution < -0.4 is 9.64 Å². The summed E-state index contributed by atoms with van der Waals surface area (Å²) in [6.07, 6.45) is -0.736. The van der Waals surface area contributed by atoms with Crippen LogP contribution in [0.2, 0.25) is 0 Å². The fourth-order valence-corrected chi connectivity index (χ4v) is 2.58. The van der Waals surface area contributed by atoms with Gasteiger partial charge >= 0.3 is 11.8 Å². The molecular weight excluding hydrogens is 342 g/mol. The summed E-state index contributed by atoms with van der Waals surface area (Å²) < 4.78 is 10.1. The van der Waals surface area contributed by atoms with E-state index in [1.165, 1.54) is 24.1 Å². The second-order valence-electron chi connectivity index (χ2n) is 5.62. The largest absolute Gasteiger partial charge is 0.475 e. The lowest BCUT2D eigenvalue weighted by molar-refractivity contribution is -0.389. The highest BCUT2D eigenvalue weighted by atomic mass is 16.6. The number of nitrogens with zero attached hydrogens (tertiary/aromatic N) is 3. The van der Waals surface area contributed by atoms with Gasteiger partial charge in [0.2, 0.25) is 0 Å². The van der Waals surface area contributed by atoms with Gasteiger partial charge in [0.25, 0.3) is 11.7 Å². The van der Waals surface area contributed by atoms with E-state index in [0.717, 1.165) is 5.56 Å². The summed E-state index contributed by atoms with van der Waals surface area (Å²) in [5.74, 6) is -0.799. The number of rotatable bonds is 4. The molecule has 0 N–H and O–H groups in total. The van der Waals surface area contributed by atoms with E-state index in [1.54, 1.807) is 31.2 Å². The van der Waals surface area contributed by atoms with Gasteiger partial charge in [-0.3, -0.25) is 9.69 Å². The fraction of sp³-hybridized carbons (Fsp3) is 0.235. The van der Waals surface area contributed by atoms with Crippen molar-refractivity contribution >= 4 is 23.5 Å². The highest BCUT2D eigenvalue weighted by molar-refractivity contribution is 5.98. The van der Waals surface area contributed by atoms with Gasteiger partial charge in [0.15, 0.2) is 11.9 Å². The Morgan fingerprint density at radius 3 is 2.62 bits per heavy atom. The molecule has 1 aliphatic rings. The number of aromatic nitrogens is 1. The third kappa shape index (κ3) is 3.18. The van der Waals surface area contributed by atoms with Crippen LogP contribution in [0.25, 0.3) is 0 Å². The van der Waals surface area contributed by atoms with Crippen molar-refractivity contribution < 1.29 is 24.0 Å². The minimum Gasteiger partial charge on any atom is -0.475 e. The molecule has 0 radical (unpaired) electrons. The van der Waals surface area contributed by atoms with Crippen LogP contribution >= 0.6 is 0 Å². The number of hydrogen-bond donors (Lipinski definition) is 0. The Hall–Kier alpha value is -3.49. The van der Waals surface area contributed by atoms with Crippen LogP contribution in [-0.4, -0.2) is 35.0 Å². The van der Waals surface area contributed by atoms with E-state index in [2.05, 4.69) is 9.72 Å². The molecule has 2 heterocycles. The van der Waals surface area contributed by atoms with Crippen LogP contribution in [0.4, 0.5) is 11.6 Å². The number of benzene rings is 1. The number of ether oxygens (including phenoxy) is 2. The van der Waals surface area contributed by atoms with Crippen molar-refractivity contribution in [2.45, 2.75) is 19.6 Å². The standard InChI is InChI=1S/C17H15N3O6/c1-10-16(21)19(9-11-3-5-12(6-4-11)17(22)25-2)15-13(26-10)7-8-14(18-15)20(23)24/h3-8,10H,9H2,1-2H3. The number of fused-ring (bicyclic) bond motifs is 1. The molecular formula is C17H15N3O6. The summed E-state index contributed by atoms with van der Waals surface area (Å²) in [4.78, 5) is 39.6. The van der Waals surface area contributed by atoms with Gasteiger partial charge in [-0.05, 0) is 40.6 Å².